The first-order valence-electron chi connectivity index (χ1n) is 9.04. The van der Waals surface area contributed by atoms with Crippen LogP contribution in [-0.4, -0.2) is 24.0 Å². The van der Waals surface area contributed by atoms with E-state index in [9.17, 15) is 22.8 Å². The van der Waals surface area contributed by atoms with Crippen LogP contribution in [0.1, 0.15) is 30.5 Å². The van der Waals surface area contributed by atoms with Crippen molar-refractivity contribution in [2.75, 3.05) is 0 Å². The zero-order valence-corrected chi connectivity index (χ0v) is 15.2. The lowest BCUT2D eigenvalue weighted by molar-refractivity contribution is -0.175. The van der Waals surface area contributed by atoms with Gasteiger partial charge in [0.2, 0.25) is 11.8 Å². The normalized spacial score (nSPS) is 22.6. The third-order valence-electron chi connectivity index (χ3n) is 5.01. The number of amides is 2. The molecule has 0 saturated carbocycles. The van der Waals surface area contributed by atoms with Crippen LogP contribution in [-0.2, 0) is 9.59 Å². The molecule has 1 saturated heterocycles. The van der Waals surface area contributed by atoms with Crippen molar-refractivity contribution in [3.8, 4) is 0 Å². The fourth-order valence-electron chi connectivity index (χ4n) is 3.56. The fraction of sp³-hybridized carbons (Fsp3) is 0.333. The maximum Gasteiger partial charge on any atom is 0.408 e. The lowest BCUT2D eigenvalue weighted by Crippen LogP contribution is -2.57. The molecule has 3 rings (SSSR count). The topological polar surface area (TPSA) is 58.2 Å². The molecule has 4 nitrogen and oxygen atoms in total. The zero-order valence-electron chi connectivity index (χ0n) is 15.2. The van der Waals surface area contributed by atoms with E-state index in [4.69, 9.17) is 0 Å². The molecule has 0 aliphatic carbocycles. The molecule has 3 unspecified atom stereocenters. The summed E-state index contributed by atoms with van der Waals surface area (Å²) in [5, 5.41) is 4.80. The van der Waals surface area contributed by atoms with Gasteiger partial charge in [-0.15, -0.1) is 0 Å². The Hall–Kier alpha value is -2.83. The van der Waals surface area contributed by atoms with Gasteiger partial charge in [0.15, 0.2) is 0 Å². The lowest BCUT2D eigenvalue weighted by atomic mass is 9.82. The first-order chi connectivity index (χ1) is 13.3. The number of hydrogen-bond donors (Lipinski definition) is 2. The minimum absolute atomic E-state index is 0.325. The van der Waals surface area contributed by atoms with E-state index in [0.29, 0.717) is 0 Å². The Labute approximate surface area is 161 Å². The molecular formula is C21H21F3N2O2. The van der Waals surface area contributed by atoms with Gasteiger partial charge in [0.25, 0.3) is 0 Å². The Morgan fingerprint density at radius 1 is 1.04 bits per heavy atom. The number of carbonyl (C=O) groups is 2. The number of carbonyl (C=O) groups excluding carboxylic acids is 2. The van der Waals surface area contributed by atoms with Gasteiger partial charge in [-0.05, 0) is 23.5 Å². The molecule has 2 N–H and O–H groups in total. The molecule has 0 spiro atoms. The van der Waals surface area contributed by atoms with E-state index in [1.807, 2.05) is 66.0 Å². The second kappa shape index (κ2) is 8.04. The summed E-state index contributed by atoms with van der Waals surface area (Å²) < 4.78 is 38.9. The standard InChI is InChI=1S/C21H21F3N2O2/c1-13-12-16(21(22,23)24)25-19(27)17(13)20(28)26-18(14-8-4-2-5-9-14)15-10-6-3-7-11-15/h2-11,13,16-18H,12H2,1H3,(H,25,27)(H,26,28). The number of halogens is 3. The zero-order chi connectivity index (χ0) is 20.3. The maximum atomic E-state index is 13.0. The summed E-state index contributed by atoms with van der Waals surface area (Å²) in [5.41, 5.74) is 1.64. The Bertz CT molecular complexity index is 785. The minimum atomic E-state index is -4.53. The molecule has 0 aromatic heterocycles. The Balaban J connectivity index is 1.82. The first-order valence-corrected chi connectivity index (χ1v) is 9.04. The predicted molar refractivity (Wildman–Crippen MR) is 98.1 cm³/mol. The molecule has 28 heavy (non-hydrogen) atoms. The molecule has 148 valence electrons. The van der Waals surface area contributed by atoms with Gasteiger partial charge >= 0.3 is 6.18 Å². The maximum absolute atomic E-state index is 13.0. The Morgan fingerprint density at radius 3 is 1.96 bits per heavy atom. The quantitative estimate of drug-likeness (QED) is 0.784. The number of piperidine rings is 1. The number of hydrogen-bond acceptors (Lipinski definition) is 2. The lowest BCUT2D eigenvalue weighted by Gasteiger charge is -2.35. The summed E-state index contributed by atoms with van der Waals surface area (Å²) in [5.74, 6) is -3.37. The molecule has 0 radical (unpaired) electrons. The SMILES string of the molecule is CC1CC(C(F)(F)F)NC(=O)C1C(=O)NC(c1ccccc1)c1ccccc1. The number of benzene rings is 2. The summed E-state index contributed by atoms with van der Waals surface area (Å²) in [6.07, 6.45) is -4.85. The van der Waals surface area contributed by atoms with E-state index in [-0.39, 0.29) is 6.42 Å². The number of rotatable bonds is 4. The van der Waals surface area contributed by atoms with Crippen LogP contribution in [0.3, 0.4) is 0 Å². The Kier molecular flexibility index (Phi) is 5.72. The number of nitrogens with one attached hydrogen (secondary N) is 2. The molecule has 7 heteroatoms. The van der Waals surface area contributed by atoms with Gasteiger partial charge in [0, 0.05) is 0 Å². The summed E-state index contributed by atoms with van der Waals surface area (Å²) in [4.78, 5) is 25.2. The second-order valence-corrected chi connectivity index (χ2v) is 7.06. The highest BCUT2D eigenvalue weighted by Gasteiger charge is 2.49. The predicted octanol–water partition coefficient (Wildman–Crippen LogP) is 3.60. The van der Waals surface area contributed by atoms with Crippen molar-refractivity contribution in [2.24, 2.45) is 11.8 Å². The van der Waals surface area contributed by atoms with Gasteiger partial charge in [-0.3, -0.25) is 9.59 Å². The highest BCUT2D eigenvalue weighted by molar-refractivity contribution is 6.01. The van der Waals surface area contributed by atoms with Crippen molar-refractivity contribution in [3.05, 3.63) is 71.8 Å². The van der Waals surface area contributed by atoms with E-state index in [2.05, 4.69) is 5.32 Å². The van der Waals surface area contributed by atoms with E-state index in [1.165, 1.54) is 6.92 Å². The summed E-state index contributed by atoms with van der Waals surface area (Å²) in [7, 11) is 0. The van der Waals surface area contributed by atoms with Crippen LogP contribution < -0.4 is 10.6 Å². The Morgan fingerprint density at radius 2 is 1.54 bits per heavy atom. The minimum Gasteiger partial charge on any atom is -0.344 e. The summed E-state index contributed by atoms with van der Waals surface area (Å²) >= 11 is 0. The van der Waals surface area contributed by atoms with Gasteiger partial charge in [0.05, 0.1) is 6.04 Å². The van der Waals surface area contributed by atoms with E-state index in [1.54, 1.807) is 0 Å². The monoisotopic (exact) mass is 390 g/mol. The molecule has 1 aliphatic rings. The molecule has 2 aromatic rings. The van der Waals surface area contributed by atoms with Gasteiger partial charge in [0.1, 0.15) is 12.0 Å². The van der Waals surface area contributed by atoms with Crippen LogP contribution in [0.2, 0.25) is 0 Å². The van der Waals surface area contributed by atoms with Crippen LogP contribution in [0.15, 0.2) is 60.7 Å². The van der Waals surface area contributed by atoms with Gasteiger partial charge < -0.3 is 10.6 Å². The summed E-state index contributed by atoms with van der Waals surface area (Å²) in [6, 6.07) is 16.0. The summed E-state index contributed by atoms with van der Waals surface area (Å²) in [6.45, 7) is 1.50. The molecule has 3 atom stereocenters. The molecular weight excluding hydrogens is 369 g/mol. The highest BCUT2D eigenvalue weighted by atomic mass is 19.4. The van der Waals surface area contributed by atoms with Crippen LogP contribution in [0.5, 0.6) is 0 Å². The van der Waals surface area contributed by atoms with Crippen molar-refractivity contribution in [3.63, 3.8) is 0 Å². The van der Waals surface area contributed by atoms with Crippen molar-refractivity contribution in [1.82, 2.24) is 10.6 Å². The molecule has 1 fully saturated rings. The van der Waals surface area contributed by atoms with Crippen LogP contribution >= 0.6 is 0 Å². The average molecular weight is 390 g/mol. The third-order valence-corrected chi connectivity index (χ3v) is 5.01. The van der Waals surface area contributed by atoms with Gasteiger partial charge in [-0.1, -0.05) is 67.6 Å². The van der Waals surface area contributed by atoms with Crippen LogP contribution in [0.4, 0.5) is 13.2 Å². The number of alkyl halides is 3. The van der Waals surface area contributed by atoms with Crippen LogP contribution in [0, 0.1) is 11.8 Å². The third kappa shape index (κ3) is 4.35. The van der Waals surface area contributed by atoms with Crippen molar-refractivity contribution in [1.29, 1.82) is 0 Å². The smallest absolute Gasteiger partial charge is 0.344 e. The van der Waals surface area contributed by atoms with E-state index in [0.717, 1.165) is 11.1 Å². The van der Waals surface area contributed by atoms with Gasteiger partial charge in [-0.25, -0.2) is 0 Å². The van der Waals surface area contributed by atoms with E-state index < -0.39 is 41.9 Å². The van der Waals surface area contributed by atoms with Crippen molar-refractivity contribution >= 4 is 11.8 Å². The molecule has 2 amide bonds. The molecule has 0 bridgehead atoms. The van der Waals surface area contributed by atoms with Crippen molar-refractivity contribution in [2.45, 2.75) is 31.6 Å². The van der Waals surface area contributed by atoms with Gasteiger partial charge in [-0.2, -0.15) is 13.2 Å². The molecule has 2 aromatic carbocycles. The highest BCUT2D eigenvalue weighted by Crippen LogP contribution is 2.33. The molecule has 1 heterocycles. The average Bonchev–Trinajstić information content (AvgIpc) is 2.66. The fourth-order valence-corrected chi connectivity index (χ4v) is 3.56. The molecule has 1 aliphatic heterocycles. The van der Waals surface area contributed by atoms with E-state index >= 15 is 0 Å². The van der Waals surface area contributed by atoms with Crippen molar-refractivity contribution < 1.29 is 22.8 Å². The largest absolute Gasteiger partial charge is 0.408 e. The second-order valence-electron chi connectivity index (χ2n) is 7.06. The first kappa shape index (κ1) is 19.9. The van der Waals surface area contributed by atoms with Crippen LogP contribution in [0.25, 0.3) is 0 Å².